The van der Waals surface area contributed by atoms with Crippen LogP contribution in [0.2, 0.25) is 0 Å². The van der Waals surface area contributed by atoms with Crippen molar-refractivity contribution in [3.63, 3.8) is 0 Å². The van der Waals surface area contributed by atoms with Gasteiger partial charge in [-0.1, -0.05) is 12.1 Å². The number of rotatable bonds is 8. The topological polar surface area (TPSA) is 75.7 Å². The molecule has 2 unspecified atom stereocenters. The van der Waals surface area contributed by atoms with Crippen LogP contribution in [0.3, 0.4) is 0 Å². The lowest BCUT2D eigenvalue weighted by Crippen LogP contribution is -2.46. The summed E-state index contributed by atoms with van der Waals surface area (Å²) < 4.78 is 10.5. The molecule has 2 heterocycles. The number of pyridine rings is 1. The molecule has 0 radical (unpaired) electrons. The van der Waals surface area contributed by atoms with Crippen LogP contribution in [0.25, 0.3) is 0 Å². The fraction of sp³-hybridized carbons (Fsp3) is 0.400. The molecule has 1 aliphatic rings. The number of nitrogens with zero attached hydrogens (tertiary/aromatic N) is 2. The van der Waals surface area contributed by atoms with Gasteiger partial charge in [0.15, 0.2) is 0 Å². The average molecular weight is 370 g/mol. The Labute approximate surface area is 159 Å². The number of amides is 1. The molecule has 0 spiro atoms. The van der Waals surface area contributed by atoms with Gasteiger partial charge in [-0.15, -0.1) is 0 Å². The van der Waals surface area contributed by atoms with Crippen molar-refractivity contribution in [3.8, 4) is 5.75 Å². The van der Waals surface area contributed by atoms with Crippen LogP contribution in [-0.4, -0.2) is 49.2 Å². The fourth-order valence-electron chi connectivity index (χ4n) is 3.19. The van der Waals surface area contributed by atoms with Crippen LogP contribution >= 0.6 is 0 Å². The van der Waals surface area contributed by atoms with E-state index in [4.69, 9.17) is 9.47 Å². The number of ether oxygens (including phenoxy) is 2. The smallest absolute Gasteiger partial charge is 0.241 e. The molecule has 2 N–H and O–H groups in total. The van der Waals surface area contributed by atoms with E-state index in [9.17, 15) is 4.79 Å². The monoisotopic (exact) mass is 370 g/mol. The molecule has 1 aliphatic heterocycles. The second-order valence-corrected chi connectivity index (χ2v) is 6.51. The lowest BCUT2D eigenvalue weighted by atomic mass is 10.0. The SMILES string of the molecule is COCCN(Cc1ccncc1)C(=O)C1CC(c2cccc(OC)c2)NN1. The Kier molecular flexibility index (Phi) is 6.75. The van der Waals surface area contributed by atoms with E-state index in [-0.39, 0.29) is 18.0 Å². The zero-order valence-corrected chi connectivity index (χ0v) is 15.7. The third kappa shape index (κ3) is 5.03. The van der Waals surface area contributed by atoms with Crippen LogP contribution in [-0.2, 0) is 16.1 Å². The minimum atomic E-state index is -0.292. The summed E-state index contributed by atoms with van der Waals surface area (Å²) in [5, 5.41) is 0. The van der Waals surface area contributed by atoms with E-state index in [1.807, 2.05) is 41.3 Å². The average Bonchev–Trinajstić information content (AvgIpc) is 3.21. The molecular weight excluding hydrogens is 344 g/mol. The van der Waals surface area contributed by atoms with E-state index >= 15 is 0 Å². The summed E-state index contributed by atoms with van der Waals surface area (Å²) in [5.74, 6) is 0.866. The molecule has 144 valence electrons. The summed E-state index contributed by atoms with van der Waals surface area (Å²) in [6.45, 7) is 1.57. The van der Waals surface area contributed by atoms with Crippen molar-refractivity contribution < 1.29 is 14.3 Å². The highest BCUT2D eigenvalue weighted by atomic mass is 16.5. The molecule has 0 aliphatic carbocycles. The number of hydrogen-bond acceptors (Lipinski definition) is 6. The van der Waals surface area contributed by atoms with Crippen LogP contribution in [0.5, 0.6) is 5.75 Å². The van der Waals surface area contributed by atoms with Gasteiger partial charge in [-0.3, -0.25) is 9.78 Å². The molecule has 0 bridgehead atoms. The molecule has 2 atom stereocenters. The van der Waals surface area contributed by atoms with Gasteiger partial charge in [0.05, 0.1) is 13.7 Å². The number of nitrogens with one attached hydrogen (secondary N) is 2. The van der Waals surface area contributed by atoms with Gasteiger partial charge in [0.1, 0.15) is 11.8 Å². The Morgan fingerprint density at radius 1 is 1.22 bits per heavy atom. The first-order valence-electron chi connectivity index (χ1n) is 9.03. The summed E-state index contributed by atoms with van der Waals surface area (Å²) in [7, 11) is 3.29. The van der Waals surface area contributed by atoms with Crippen LogP contribution < -0.4 is 15.6 Å². The van der Waals surface area contributed by atoms with Gasteiger partial charge in [0.2, 0.25) is 5.91 Å². The molecule has 7 heteroatoms. The number of benzene rings is 1. The number of methoxy groups -OCH3 is 2. The van der Waals surface area contributed by atoms with Crippen LogP contribution in [0.4, 0.5) is 0 Å². The predicted molar refractivity (Wildman–Crippen MR) is 102 cm³/mol. The number of carbonyl (C=O) groups is 1. The molecule has 1 amide bonds. The maximum atomic E-state index is 13.1. The Bertz CT molecular complexity index is 741. The summed E-state index contributed by atoms with van der Waals surface area (Å²) in [5.41, 5.74) is 8.52. The maximum absolute atomic E-state index is 13.1. The number of carbonyl (C=O) groups excluding carboxylic acids is 1. The van der Waals surface area contributed by atoms with Gasteiger partial charge in [0.25, 0.3) is 0 Å². The normalized spacial score (nSPS) is 19.0. The Balaban J connectivity index is 1.66. The van der Waals surface area contributed by atoms with Crippen molar-refractivity contribution in [2.45, 2.75) is 25.0 Å². The van der Waals surface area contributed by atoms with Gasteiger partial charge < -0.3 is 14.4 Å². The predicted octanol–water partition coefficient (Wildman–Crippen LogP) is 1.67. The van der Waals surface area contributed by atoms with Crippen molar-refractivity contribution in [1.29, 1.82) is 0 Å². The van der Waals surface area contributed by atoms with E-state index in [0.717, 1.165) is 16.9 Å². The Morgan fingerprint density at radius 3 is 2.78 bits per heavy atom. The molecule has 2 aromatic rings. The van der Waals surface area contributed by atoms with Crippen molar-refractivity contribution in [2.75, 3.05) is 27.4 Å². The van der Waals surface area contributed by atoms with Gasteiger partial charge >= 0.3 is 0 Å². The summed E-state index contributed by atoms with van der Waals surface area (Å²) in [4.78, 5) is 18.9. The highest BCUT2D eigenvalue weighted by Crippen LogP contribution is 2.26. The molecule has 1 aromatic heterocycles. The second kappa shape index (κ2) is 9.45. The molecule has 1 saturated heterocycles. The molecule has 3 rings (SSSR count). The van der Waals surface area contributed by atoms with Crippen molar-refractivity contribution >= 4 is 5.91 Å². The van der Waals surface area contributed by atoms with Crippen molar-refractivity contribution in [2.24, 2.45) is 0 Å². The zero-order chi connectivity index (χ0) is 19.1. The first-order valence-corrected chi connectivity index (χ1v) is 9.03. The van der Waals surface area contributed by atoms with Crippen LogP contribution in [0.1, 0.15) is 23.6 Å². The summed E-state index contributed by atoms with van der Waals surface area (Å²) >= 11 is 0. The molecule has 7 nitrogen and oxygen atoms in total. The van der Waals surface area contributed by atoms with E-state index in [1.165, 1.54) is 0 Å². The highest BCUT2D eigenvalue weighted by Gasteiger charge is 2.33. The molecule has 1 aromatic carbocycles. The third-order valence-electron chi connectivity index (χ3n) is 4.70. The van der Waals surface area contributed by atoms with E-state index in [0.29, 0.717) is 26.1 Å². The summed E-state index contributed by atoms with van der Waals surface area (Å²) in [6, 6.07) is 11.5. The van der Waals surface area contributed by atoms with Gasteiger partial charge in [-0.25, -0.2) is 10.9 Å². The van der Waals surface area contributed by atoms with Gasteiger partial charge in [-0.2, -0.15) is 0 Å². The van der Waals surface area contributed by atoms with Crippen LogP contribution in [0, 0.1) is 0 Å². The van der Waals surface area contributed by atoms with E-state index < -0.39 is 0 Å². The van der Waals surface area contributed by atoms with E-state index in [1.54, 1.807) is 26.6 Å². The molecular formula is C20H26N4O3. The first-order chi connectivity index (χ1) is 13.2. The van der Waals surface area contributed by atoms with Crippen molar-refractivity contribution in [1.82, 2.24) is 20.7 Å². The highest BCUT2D eigenvalue weighted by molar-refractivity contribution is 5.82. The Hall–Kier alpha value is -2.48. The third-order valence-corrected chi connectivity index (χ3v) is 4.70. The Morgan fingerprint density at radius 2 is 2.04 bits per heavy atom. The van der Waals surface area contributed by atoms with E-state index in [2.05, 4.69) is 15.8 Å². The quantitative estimate of drug-likeness (QED) is 0.736. The van der Waals surface area contributed by atoms with Gasteiger partial charge in [0, 0.05) is 38.6 Å². The number of hydrazine groups is 1. The number of hydrogen-bond donors (Lipinski definition) is 2. The van der Waals surface area contributed by atoms with Gasteiger partial charge in [-0.05, 0) is 41.8 Å². The van der Waals surface area contributed by atoms with Crippen molar-refractivity contribution in [3.05, 3.63) is 59.9 Å². The fourth-order valence-corrected chi connectivity index (χ4v) is 3.19. The minimum absolute atomic E-state index is 0.0549. The standard InChI is InChI=1S/C20H26N4O3/c1-26-11-10-24(14-15-6-8-21-9-7-15)20(25)19-13-18(22-23-19)16-4-3-5-17(12-16)27-2/h3-9,12,18-19,22-23H,10-11,13-14H2,1-2H3. The lowest BCUT2D eigenvalue weighted by molar-refractivity contribution is -0.134. The zero-order valence-electron chi connectivity index (χ0n) is 15.7. The second-order valence-electron chi connectivity index (χ2n) is 6.51. The number of aromatic nitrogens is 1. The lowest BCUT2D eigenvalue weighted by Gasteiger charge is -2.25. The largest absolute Gasteiger partial charge is 0.497 e. The van der Waals surface area contributed by atoms with Crippen LogP contribution in [0.15, 0.2) is 48.8 Å². The maximum Gasteiger partial charge on any atom is 0.241 e. The molecule has 27 heavy (non-hydrogen) atoms. The first kappa shape index (κ1) is 19.3. The summed E-state index contributed by atoms with van der Waals surface area (Å²) in [6.07, 6.45) is 4.15. The molecule has 0 saturated carbocycles. The minimum Gasteiger partial charge on any atom is -0.497 e. The molecule has 1 fully saturated rings.